The highest BCUT2D eigenvalue weighted by atomic mass is 79.9. The van der Waals surface area contributed by atoms with Crippen LogP contribution < -0.4 is 10.4 Å². The van der Waals surface area contributed by atoms with E-state index in [0.717, 1.165) is 21.0 Å². The van der Waals surface area contributed by atoms with E-state index in [1.54, 1.807) is 13.0 Å². The Morgan fingerprint density at radius 2 is 1.91 bits per heavy atom. The molecule has 0 aliphatic rings. The fourth-order valence-corrected chi connectivity index (χ4v) is 2.76. The van der Waals surface area contributed by atoms with Gasteiger partial charge in [-0.25, -0.2) is 4.79 Å². The average molecular weight is 359 g/mol. The maximum Gasteiger partial charge on any atom is 0.339 e. The van der Waals surface area contributed by atoms with Crippen molar-refractivity contribution in [3.05, 3.63) is 74.0 Å². The van der Waals surface area contributed by atoms with Crippen LogP contribution in [-0.4, -0.2) is 0 Å². The summed E-state index contributed by atoms with van der Waals surface area (Å²) in [7, 11) is 0. The van der Waals surface area contributed by atoms with Crippen LogP contribution in [0.15, 0.2) is 56.1 Å². The minimum absolute atomic E-state index is 0.297. The first-order valence-corrected chi connectivity index (χ1v) is 7.75. The quantitative estimate of drug-likeness (QED) is 0.634. The molecule has 0 amide bonds. The van der Waals surface area contributed by atoms with E-state index in [9.17, 15) is 4.79 Å². The van der Waals surface area contributed by atoms with Crippen molar-refractivity contribution in [1.82, 2.24) is 0 Å². The van der Waals surface area contributed by atoms with Crippen LogP contribution in [-0.2, 0) is 6.61 Å². The SMILES string of the molecule is Cc1c(C)c2ccc(OCc3cccc(Br)c3)cc2oc1=O. The minimum Gasteiger partial charge on any atom is -0.489 e. The molecule has 0 fully saturated rings. The van der Waals surface area contributed by atoms with Crippen molar-refractivity contribution in [3.63, 3.8) is 0 Å². The Balaban J connectivity index is 1.89. The van der Waals surface area contributed by atoms with Crippen LogP contribution in [0.1, 0.15) is 16.7 Å². The summed E-state index contributed by atoms with van der Waals surface area (Å²) in [6, 6.07) is 13.5. The molecule has 3 aromatic rings. The molecule has 0 spiro atoms. The van der Waals surface area contributed by atoms with Crippen molar-refractivity contribution < 1.29 is 9.15 Å². The summed E-state index contributed by atoms with van der Waals surface area (Å²) in [4.78, 5) is 11.8. The molecule has 3 nitrogen and oxygen atoms in total. The fourth-order valence-electron chi connectivity index (χ4n) is 2.31. The zero-order valence-corrected chi connectivity index (χ0v) is 13.9. The van der Waals surface area contributed by atoms with Gasteiger partial charge in [-0.2, -0.15) is 0 Å². The zero-order valence-electron chi connectivity index (χ0n) is 12.4. The lowest BCUT2D eigenvalue weighted by Crippen LogP contribution is -2.05. The van der Waals surface area contributed by atoms with Crippen LogP contribution in [0.25, 0.3) is 11.0 Å². The summed E-state index contributed by atoms with van der Waals surface area (Å²) in [5, 5.41) is 0.937. The van der Waals surface area contributed by atoms with Crippen LogP contribution in [0.4, 0.5) is 0 Å². The summed E-state index contributed by atoms with van der Waals surface area (Å²) < 4.78 is 12.1. The number of fused-ring (bicyclic) bond motifs is 1. The molecule has 0 saturated heterocycles. The molecule has 0 saturated carbocycles. The molecule has 0 bridgehead atoms. The highest BCUT2D eigenvalue weighted by Gasteiger charge is 2.08. The van der Waals surface area contributed by atoms with Crippen molar-refractivity contribution in [1.29, 1.82) is 0 Å². The number of aryl methyl sites for hydroxylation is 1. The normalized spacial score (nSPS) is 10.9. The molecule has 0 aliphatic heterocycles. The standard InChI is InChI=1S/C18H15BrO3/c1-11-12(2)18(20)22-17-9-15(6-7-16(11)17)21-10-13-4-3-5-14(19)8-13/h3-9H,10H2,1-2H3. The highest BCUT2D eigenvalue weighted by Crippen LogP contribution is 2.24. The average Bonchev–Trinajstić information content (AvgIpc) is 2.50. The van der Waals surface area contributed by atoms with E-state index in [0.29, 0.717) is 23.5 Å². The van der Waals surface area contributed by atoms with E-state index in [1.807, 2.05) is 43.3 Å². The number of hydrogen-bond acceptors (Lipinski definition) is 3. The van der Waals surface area contributed by atoms with Gasteiger partial charge in [0, 0.05) is 21.5 Å². The molecule has 3 rings (SSSR count). The molecule has 0 N–H and O–H groups in total. The Hall–Kier alpha value is -2.07. The Kier molecular flexibility index (Phi) is 4.03. The predicted molar refractivity (Wildman–Crippen MR) is 90.4 cm³/mol. The molecule has 1 aromatic heterocycles. The fraction of sp³-hybridized carbons (Fsp3) is 0.167. The maximum atomic E-state index is 11.8. The van der Waals surface area contributed by atoms with Crippen LogP contribution >= 0.6 is 15.9 Å². The Bertz CT molecular complexity index is 896. The number of rotatable bonds is 3. The number of hydrogen-bond donors (Lipinski definition) is 0. The lowest BCUT2D eigenvalue weighted by molar-refractivity contribution is 0.306. The van der Waals surface area contributed by atoms with Crippen molar-refractivity contribution >= 4 is 26.9 Å². The Morgan fingerprint density at radius 3 is 2.68 bits per heavy atom. The van der Waals surface area contributed by atoms with E-state index in [4.69, 9.17) is 9.15 Å². The number of halogens is 1. The molecule has 22 heavy (non-hydrogen) atoms. The van der Waals surface area contributed by atoms with Gasteiger partial charge in [-0.15, -0.1) is 0 Å². The molecule has 112 valence electrons. The van der Waals surface area contributed by atoms with Gasteiger partial charge < -0.3 is 9.15 Å². The summed E-state index contributed by atoms with van der Waals surface area (Å²) in [5.74, 6) is 0.680. The molecule has 0 unspecified atom stereocenters. The summed E-state index contributed by atoms with van der Waals surface area (Å²) in [5.41, 5.74) is 2.92. The van der Waals surface area contributed by atoms with E-state index in [-0.39, 0.29) is 5.63 Å². The Labute approximate surface area is 136 Å². The first-order valence-electron chi connectivity index (χ1n) is 6.96. The number of ether oxygens (including phenoxy) is 1. The van der Waals surface area contributed by atoms with Gasteiger partial charge in [0.1, 0.15) is 17.9 Å². The predicted octanol–water partition coefficient (Wildman–Crippen LogP) is 4.75. The van der Waals surface area contributed by atoms with Gasteiger partial charge in [-0.05, 0) is 49.2 Å². The Morgan fingerprint density at radius 1 is 1.09 bits per heavy atom. The topological polar surface area (TPSA) is 39.4 Å². The lowest BCUT2D eigenvalue weighted by Gasteiger charge is -2.09. The number of benzene rings is 2. The summed E-state index contributed by atoms with van der Waals surface area (Å²) in [6.07, 6.45) is 0. The molecule has 4 heteroatoms. The van der Waals surface area contributed by atoms with Crippen LogP contribution in [0.3, 0.4) is 0 Å². The van der Waals surface area contributed by atoms with E-state index in [1.165, 1.54) is 0 Å². The van der Waals surface area contributed by atoms with E-state index < -0.39 is 0 Å². The second-order valence-corrected chi connectivity index (χ2v) is 6.13. The van der Waals surface area contributed by atoms with Gasteiger partial charge in [-0.1, -0.05) is 28.1 Å². The summed E-state index contributed by atoms with van der Waals surface area (Å²) >= 11 is 3.44. The molecular weight excluding hydrogens is 344 g/mol. The second kappa shape index (κ2) is 5.97. The third kappa shape index (κ3) is 2.92. The molecule has 0 radical (unpaired) electrons. The van der Waals surface area contributed by atoms with Crippen molar-refractivity contribution in [2.24, 2.45) is 0 Å². The van der Waals surface area contributed by atoms with Crippen molar-refractivity contribution in [2.45, 2.75) is 20.5 Å². The van der Waals surface area contributed by atoms with Gasteiger partial charge in [0.25, 0.3) is 0 Å². The van der Waals surface area contributed by atoms with Crippen molar-refractivity contribution in [2.75, 3.05) is 0 Å². The third-order valence-corrected chi connectivity index (χ3v) is 4.22. The van der Waals surface area contributed by atoms with Crippen LogP contribution in [0, 0.1) is 13.8 Å². The first-order chi connectivity index (χ1) is 10.5. The van der Waals surface area contributed by atoms with Gasteiger partial charge in [0.15, 0.2) is 0 Å². The van der Waals surface area contributed by atoms with E-state index in [2.05, 4.69) is 15.9 Å². The summed E-state index contributed by atoms with van der Waals surface area (Å²) in [6.45, 7) is 4.16. The van der Waals surface area contributed by atoms with E-state index >= 15 is 0 Å². The molecule has 0 atom stereocenters. The van der Waals surface area contributed by atoms with Crippen molar-refractivity contribution in [3.8, 4) is 5.75 Å². The molecule has 0 aliphatic carbocycles. The maximum absolute atomic E-state index is 11.8. The van der Waals surface area contributed by atoms with Gasteiger partial charge in [0.2, 0.25) is 0 Å². The van der Waals surface area contributed by atoms with Gasteiger partial charge in [0.05, 0.1) is 0 Å². The molecular formula is C18H15BrO3. The van der Waals surface area contributed by atoms with Gasteiger partial charge in [-0.3, -0.25) is 0 Å². The van der Waals surface area contributed by atoms with Crippen LogP contribution in [0.2, 0.25) is 0 Å². The zero-order chi connectivity index (χ0) is 15.7. The lowest BCUT2D eigenvalue weighted by atomic mass is 10.1. The second-order valence-electron chi connectivity index (χ2n) is 5.22. The third-order valence-electron chi connectivity index (χ3n) is 3.72. The van der Waals surface area contributed by atoms with Gasteiger partial charge >= 0.3 is 5.63 Å². The minimum atomic E-state index is -0.297. The smallest absolute Gasteiger partial charge is 0.339 e. The monoisotopic (exact) mass is 358 g/mol. The largest absolute Gasteiger partial charge is 0.489 e. The highest BCUT2D eigenvalue weighted by molar-refractivity contribution is 9.10. The molecule has 2 aromatic carbocycles. The first kappa shape index (κ1) is 14.9. The van der Waals surface area contributed by atoms with Crippen LogP contribution in [0.5, 0.6) is 5.75 Å². The molecule has 1 heterocycles.